The number of rotatable bonds is 39. The molecule has 8 saturated heterocycles. The summed E-state index contributed by atoms with van der Waals surface area (Å²) in [5.74, 6) is 0. The number of nitrogens with one attached hydrogen (secondary N) is 4. The third-order valence-electron chi connectivity index (χ3n) is 17.1. The van der Waals surface area contributed by atoms with Crippen molar-refractivity contribution in [3.05, 3.63) is 25.7 Å². The van der Waals surface area contributed by atoms with Crippen LogP contribution in [0.5, 0.6) is 0 Å². The summed E-state index contributed by atoms with van der Waals surface area (Å²) in [7, 11) is -29.3. The number of ether oxygens (including phenoxy) is 16. The van der Waals surface area contributed by atoms with Gasteiger partial charge in [0.05, 0.1) is 99.4 Å². The number of aliphatic hydroxyl groups is 11. The second kappa shape index (κ2) is 77.4. The van der Waals surface area contributed by atoms with Gasteiger partial charge in [0.1, 0.15) is 122 Å². The summed E-state index contributed by atoms with van der Waals surface area (Å²) in [6.07, 6.45) is -47.8. The minimum absolute atomic E-state index is 0. The Kier molecular flexibility index (Phi) is 89.7. The van der Waals surface area contributed by atoms with Crippen molar-refractivity contribution < 1.29 is 590 Å². The fourth-order valence-corrected chi connectivity index (χ4v) is 14.4. The Morgan fingerprint density at radius 3 is 0.721 bits per heavy atom. The molecule has 0 bridgehead atoms. The smallest absolute Gasteiger partial charge is 0.726 e. The minimum atomic E-state index is -5.45. The molecular weight excluding hydrogens is 2200 g/mol. The fourth-order valence-electron chi connectivity index (χ4n) is 12.1. The quantitative estimate of drug-likeness (QED) is 0.00313. The molecule has 19 N–H and O–H groups in total. The number of hydrogen-bond donors (Lipinski definition) is 19. The van der Waals surface area contributed by atoms with Gasteiger partial charge in [-0.1, -0.05) is 0 Å². The van der Waals surface area contributed by atoms with E-state index in [-0.39, 0.29) is 344 Å². The molecule has 0 saturated carbocycles. The average molecular weight is 2290 g/mol. The van der Waals surface area contributed by atoms with Crippen molar-refractivity contribution in [2.45, 2.75) is 249 Å². The van der Waals surface area contributed by atoms with E-state index in [9.17, 15) is 103 Å². The molecule has 136 heavy (non-hydrogen) atoms. The van der Waals surface area contributed by atoms with E-state index < -0.39 is 310 Å². The van der Waals surface area contributed by atoms with E-state index in [2.05, 4.69) is 64.7 Å². The second-order valence-electron chi connectivity index (χ2n) is 25.5. The van der Waals surface area contributed by atoms with Gasteiger partial charge in [0.15, 0.2) is 25.2 Å². The summed E-state index contributed by atoms with van der Waals surface area (Å²) >= 11 is 0.467. The first-order valence-electron chi connectivity index (χ1n) is 33.9. The molecule has 0 spiro atoms. The van der Waals surface area contributed by atoms with Gasteiger partial charge in [-0.15, -0.1) is 0 Å². The first-order chi connectivity index (χ1) is 58.4. The Balaban J connectivity index is -0.00000100. The van der Waals surface area contributed by atoms with Crippen LogP contribution >= 0.6 is 48.9 Å². The van der Waals surface area contributed by atoms with Crippen LogP contribution in [0.3, 0.4) is 0 Å². The number of aliphatic hydroxyl groups excluding tert-OH is 11. The Hall–Kier alpha value is 8.90. The van der Waals surface area contributed by atoms with Gasteiger partial charge in [0.25, 0.3) is 0 Å². The van der Waals surface area contributed by atoms with Gasteiger partial charge in [-0.25, -0.2) is 95.1 Å². The molecule has 0 amide bonds. The van der Waals surface area contributed by atoms with E-state index in [1.807, 2.05) is 0 Å². The van der Waals surface area contributed by atoms with Crippen LogP contribution < -0.4 is 335 Å². The predicted octanol–water partition coefficient (Wildman–Crippen LogP) is -47.8. The molecule has 36 atom stereocenters. The van der Waals surface area contributed by atoms with Crippen molar-refractivity contribution in [3.8, 4) is 0 Å². The first kappa shape index (κ1) is 158. The molecule has 8 rings (SSSR count). The molecule has 67 nitrogen and oxygen atoms in total. The van der Waals surface area contributed by atoms with E-state index >= 15 is 0 Å². The summed E-state index contributed by atoms with van der Waals surface area (Å²) in [6.45, 7) is 1.33. The van der Waals surface area contributed by atoms with Crippen molar-refractivity contribution >= 4 is 111 Å². The van der Waals surface area contributed by atoms with Gasteiger partial charge in [0.2, 0.25) is 62.4 Å². The summed E-state index contributed by atoms with van der Waals surface area (Å²) in [5.41, 5.74) is 0. The van der Waals surface area contributed by atoms with Crippen LogP contribution in [0.4, 0.5) is 0 Å². The Morgan fingerprint density at radius 1 is 0.309 bits per heavy atom. The molecule has 0 aromatic heterocycles. The van der Waals surface area contributed by atoms with Crippen LogP contribution in [0, 0.1) is 25.7 Å². The summed E-state index contributed by atoms with van der Waals surface area (Å²) in [6, 6.07) is -6.18. The van der Waals surface area contributed by atoms with Crippen LogP contribution in [0.2, 0.25) is 0 Å². The SMILES string of the molecule is CO[C@H]1OC(COS(=O)(=O)[O-])[C@@H](O[C@H]2[CH-][C@H](O)[C@@H](O[C@@H]3OC(CO)[C@@H](O[C@H]4[CH-][C@H](O)[C@@H](O[C@@H]5OC(CO)[C@@H](O[C@H]6[CH-][C@H](O)[C@@H](O[C@@H]7OC(COS(=O)(=O)[O-])[C@@H](O[C@H]8[CH-][C@H](O)[C@H](O)C(C)O8)[C@H](O)C7NSOO[O-])C(C)O6)[C@H](O)C5NSOO[O-])C(C)O4)[C@H](O)C3NSOO[O-])C(C)O2)[C@H](O)C1NSOO[O-].O=S(=O)([O-])O.O=S(=O)([O-])O.O=S(=O)([O-])O.O=S(=O)([O-])O.[Na+].[Na+].[Na+].[Na+].[Na+].[Na+].[Na+].[Na+].[Na+].[Na+]. The molecule has 0 aliphatic carbocycles. The largest absolute Gasteiger partial charge is 1.00 e. The maximum absolute atomic E-state index is 12.0. The second-order valence-corrected chi connectivity index (χ2v) is 33.2. The Morgan fingerprint density at radius 2 is 0.515 bits per heavy atom. The van der Waals surface area contributed by atoms with Crippen LogP contribution in [0.25, 0.3) is 0 Å². The normalized spacial score (nSPS) is 36.3. The molecule has 0 aromatic rings. The van der Waals surface area contributed by atoms with Crippen LogP contribution in [-0.4, -0.2) is 407 Å². The Bertz CT molecular complexity index is 3680. The van der Waals surface area contributed by atoms with E-state index in [1.54, 1.807) is 0 Å². The van der Waals surface area contributed by atoms with Gasteiger partial charge in [0, 0.05) is 32.3 Å². The van der Waals surface area contributed by atoms with Gasteiger partial charge in [-0.3, -0.25) is 46.7 Å². The monoisotopic (exact) mass is 2280 g/mol. The van der Waals surface area contributed by atoms with Crippen molar-refractivity contribution in [3.63, 3.8) is 0 Å². The molecule has 12 unspecified atom stereocenters. The van der Waals surface area contributed by atoms with E-state index in [0.29, 0.717) is 0 Å². The zero-order valence-electron chi connectivity index (χ0n) is 73.3. The van der Waals surface area contributed by atoms with Crippen LogP contribution in [0.1, 0.15) is 27.7 Å². The molecule has 8 aliphatic rings. The van der Waals surface area contributed by atoms with E-state index in [0.717, 1.165) is 32.8 Å². The topological polar surface area (TPSA) is 1030 Å². The van der Waals surface area contributed by atoms with Crippen LogP contribution in [0.15, 0.2) is 0 Å². The molecule has 8 heterocycles. The molecule has 0 aromatic carbocycles. The molecule has 8 fully saturated rings. The summed E-state index contributed by atoms with van der Waals surface area (Å²) < 4.78 is 331. The third kappa shape index (κ3) is 60.0. The zero-order chi connectivity index (χ0) is 95.5. The van der Waals surface area contributed by atoms with Crippen molar-refractivity contribution in [1.82, 2.24) is 18.9 Å². The van der Waals surface area contributed by atoms with Gasteiger partial charge in [-0.05, 0) is 52.1 Å². The number of methoxy groups -OCH3 is 1. The van der Waals surface area contributed by atoms with Gasteiger partial charge >= 0.3 is 296 Å². The fraction of sp³-hybridized carbons (Fsp3) is 0.918. The number of hydrogen-bond acceptors (Lipinski definition) is 67. The van der Waals surface area contributed by atoms with E-state index in [1.165, 1.54) is 27.7 Å². The van der Waals surface area contributed by atoms with Crippen molar-refractivity contribution in [2.24, 2.45) is 0 Å². The first-order valence-corrected chi connectivity index (χ1v) is 45.0. The molecule has 0 radical (unpaired) electrons. The molecule has 8 aliphatic heterocycles. The predicted molar refractivity (Wildman–Crippen MR) is 366 cm³/mol. The molecule has 750 valence electrons. The third-order valence-corrected chi connectivity index (χ3v) is 19.9. The minimum Gasteiger partial charge on any atom is -0.726 e. The van der Waals surface area contributed by atoms with Gasteiger partial charge < -0.3 is 180 Å². The summed E-state index contributed by atoms with van der Waals surface area (Å²) in [5, 5.41) is 180. The van der Waals surface area contributed by atoms with Crippen molar-refractivity contribution in [1.29, 1.82) is 0 Å². The summed E-state index contributed by atoms with van der Waals surface area (Å²) in [4.78, 5) is 0. The molecule has 87 heteroatoms. The standard InChI is InChI=1S/C49H84N4O47S6.10Na.4H2O4S/c1-14-34(60)18(56)6-26(78-14)88-45-25(13-77-106(72,73)74)85-49(33(38(45)64)53-104-100-96-68)92-41-17(4)80-28(8-20(41)58)87-43-23(11-55)82-47(31(36(43)62)51-102-98-94-66)90-39-15(2)79-27(7-19(39)57)86-42-22(10-54)83-48(32(37(42)63)52-103-99-95-67)91-40-16(3)81-29(9-21(40)59)89-44-24(12-76-105(69,70)71)84-46(75-5)30(35(44)61)50-101-97-93-65;;;;;;;;;;;4*1-5(2,3)4/h6-9,14-68H,10-13H2,1-5H3,(H,69,70,71)(H,72,73,74);;;;;;;;;;;4*(H2,1,2,3,4)/q-4;10*+1;;;;/p-10/t14?,15?,16?,17?,18-,19-,20-,21-,22?,23?,24?,25?,26-,27-,28-,29-,30?,31?,32?,33?,34+,35+,36+,37+,38+,39-,40-,41-,42+,43+,44+,45+,46-,47-,48-,49-;;;;;;;;;;;;;;/m0............../s1. The van der Waals surface area contributed by atoms with E-state index in [4.69, 9.17) is 146 Å². The Labute approximate surface area is 1010 Å². The van der Waals surface area contributed by atoms with Crippen molar-refractivity contribution in [2.75, 3.05) is 33.5 Å². The molecular formula is C49H82N4Na10O63S10-4. The zero-order valence-corrected chi connectivity index (χ0v) is 101. The van der Waals surface area contributed by atoms with Crippen LogP contribution in [-0.2, 0) is 184 Å². The average Bonchev–Trinajstić information content (AvgIpc) is 0.771. The maximum Gasteiger partial charge on any atom is 1.00 e. The maximum atomic E-state index is 12.0. The van der Waals surface area contributed by atoms with Gasteiger partial charge in [-0.2, -0.15) is 17.3 Å².